The van der Waals surface area contributed by atoms with Gasteiger partial charge in [0.1, 0.15) is 5.41 Å². The summed E-state index contributed by atoms with van der Waals surface area (Å²) in [6.45, 7) is 1.81. The van der Waals surface area contributed by atoms with Crippen molar-refractivity contribution in [3.63, 3.8) is 0 Å². The van der Waals surface area contributed by atoms with Crippen LogP contribution in [-0.2, 0) is 9.53 Å². The van der Waals surface area contributed by atoms with Gasteiger partial charge in [-0.05, 0) is 55.1 Å². The number of anilines is 1. The molecule has 0 saturated carbocycles. The van der Waals surface area contributed by atoms with Crippen LogP contribution >= 0.6 is 23.4 Å². The maximum absolute atomic E-state index is 12.7. The zero-order valence-electron chi connectivity index (χ0n) is 15.7. The summed E-state index contributed by atoms with van der Waals surface area (Å²) in [5.74, 6) is -0.443. The Balaban J connectivity index is 1.90. The highest BCUT2D eigenvalue weighted by Gasteiger charge is 2.48. The average Bonchev–Trinajstić information content (AvgIpc) is 3.08. The summed E-state index contributed by atoms with van der Waals surface area (Å²) >= 11 is 7.50. The van der Waals surface area contributed by atoms with Crippen LogP contribution in [0.3, 0.4) is 0 Å². The molecule has 0 aromatic heterocycles. The van der Waals surface area contributed by atoms with Gasteiger partial charge < -0.3 is 10.1 Å². The first-order valence-corrected chi connectivity index (χ1v) is 10.1. The van der Waals surface area contributed by atoms with E-state index in [0.29, 0.717) is 16.4 Å². The Hall–Kier alpha value is -2.51. The molecule has 1 atom stereocenters. The van der Waals surface area contributed by atoms with E-state index in [-0.39, 0.29) is 6.54 Å². The van der Waals surface area contributed by atoms with Crippen molar-refractivity contribution >= 4 is 46.8 Å². The van der Waals surface area contributed by atoms with Crippen molar-refractivity contribution in [1.82, 2.24) is 5.01 Å². The molecule has 0 spiro atoms. The number of rotatable bonds is 4. The van der Waals surface area contributed by atoms with Gasteiger partial charge in [-0.3, -0.25) is 4.79 Å². The lowest BCUT2D eigenvalue weighted by molar-refractivity contribution is -0.147. The van der Waals surface area contributed by atoms with Crippen molar-refractivity contribution < 1.29 is 14.3 Å². The van der Waals surface area contributed by atoms with E-state index < -0.39 is 17.4 Å². The van der Waals surface area contributed by atoms with Crippen LogP contribution in [0.2, 0.25) is 5.02 Å². The largest absolute Gasteiger partial charge is 0.468 e. The van der Waals surface area contributed by atoms with E-state index >= 15 is 0 Å². The Morgan fingerprint density at radius 3 is 2.39 bits per heavy atom. The number of thioether (sulfide) groups is 1. The Morgan fingerprint density at radius 2 is 1.82 bits per heavy atom. The Labute approximate surface area is 172 Å². The molecule has 2 amide bonds. The van der Waals surface area contributed by atoms with Gasteiger partial charge in [-0.25, -0.2) is 9.80 Å². The van der Waals surface area contributed by atoms with E-state index in [1.165, 1.54) is 12.1 Å². The van der Waals surface area contributed by atoms with Crippen LogP contribution < -0.4 is 5.32 Å². The number of esters is 1. The van der Waals surface area contributed by atoms with Gasteiger partial charge in [0.05, 0.1) is 19.4 Å². The fourth-order valence-corrected chi connectivity index (χ4v) is 3.53. The summed E-state index contributed by atoms with van der Waals surface area (Å²) in [6, 6.07) is 14.0. The minimum Gasteiger partial charge on any atom is -0.468 e. The first-order valence-electron chi connectivity index (χ1n) is 8.53. The smallest absolute Gasteiger partial charge is 0.342 e. The third-order valence-corrected chi connectivity index (χ3v) is 5.53. The number of benzene rings is 2. The maximum Gasteiger partial charge on any atom is 0.342 e. The van der Waals surface area contributed by atoms with Crippen LogP contribution in [0, 0.1) is 5.41 Å². The van der Waals surface area contributed by atoms with Gasteiger partial charge >= 0.3 is 12.0 Å². The van der Waals surface area contributed by atoms with Gasteiger partial charge in [0.25, 0.3) is 0 Å². The number of nitrogens with one attached hydrogen (secondary N) is 1. The number of amides is 2. The van der Waals surface area contributed by atoms with E-state index in [2.05, 4.69) is 10.4 Å². The topological polar surface area (TPSA) is 71.0 Å². The number of methoxy groups -OCH3 is 1. The molecule has 0 bridgehead atoms. The normalized spacial score (nSPS) is 18.6. The molecule has 0 fully saturated rings. The molecular weight excluding hydrogens is 398 g/mol. The number of halogens is 1. The Morgan fingerprint density at radius 1 is 1.18 bits per heavy atom. The van der Waals surface area contributed by atoms with Crippen molar-refractivity contribution in [2.24, 2.45) is 10.5 Å². The molecule has 1 aliphatic rings. The van der Waals surface area contributed by atoms with Gasteiger partial charge in [0.15, 0.2) is 0 Å². The second kappa shape index (κ2) is 8.24. The second-order valence-electron chi connectivity index (χ2n) is 6.50. The third kappa shape index (κ3) is 4.00. The number of nitrogens with zero attached hydrogens (tertiary/aromatic N) is 2. The number of carbonyl (C=O) groups excluding carboxylic acids is 2. The predicted octanol–water partition coefficient (Wildman–Crippen LogP) is 4.49. The maximum atomic E-state index is 12.7. The molecule has 1 heterocycles. The van der Waals surface area contributed by atoms with E-state index in [9.17, 15) is 9.59 Å². The van der Waals surface area contributed by atoms with Crippen molar-refractivity contribution in [3.8, 4) is 0 Å². The molecule has 2 aromatic carbocycles. The van der Waals surface area contributed by atoms with Gasteiger partial charge in [0.2, 0.25) is 0 Å². The molecule has 0 aliphatic carbocycles. The molecule has 146 valence electrons. The van der Waals surface area contributed by atoms with Crippen LogP contribution in [0.5, 0.6) is 0 Å². The molecule has 2 aromatic rings. The van der Waals surface area contributed by atoms with Gasteiger partial charge in [0, 0.05) is 15.6 Å². The lowest BCUT2D eigenvalue weighted by Crippen LogP contribution is -2.42. The summed E-state index contributed by atoms with van der Waals surface area (Å²) in [7, 11) is 1.33. The van der Waals surface area contributed by atoms with Crippen LogP contribution in [0.15, 0.2) is 58.5 Å². The molecule has 0 radical (unpaired) electrons. The van der Waals surface area contributed by atoms with E-state index in [4.69, 9.17) is 16.3 Å². The summed E-state index contributed by atoms with van der Waals surface area (Å²) in [4.78, 5) is 26.3. The van der Waals surface area contributed by atoms with Gasteiger partial charge in [-0.1, -0.05) is 23.7 Å². The van der Waals surface area contributed by atoms with Crippen LogP contribution in [0.25, 0.3) is 0 Å². The first-order chi connectivity index (χ1) is 13.4. The highest BCUT2D eigenvalue weighted by molar-refractivity contribution is 7.98. The quantitative estimate of drug-likeness (QED) is 0.587. The molecule has 28 heavy (non-hydrogen) atoms. The van der Waals surface area contributed by atoms with Crippen LogP contribution in [-0.4, -0.2) is 42.6 Å². The van der Waals surface area contributed by atoms with Crippen molar-refractivity contribution in [3.05, 3.63) is 59.1 Å². The zero-order chi connectivity index (χ0) is 20.3. The Kier molecular flexibility index (Phi) is 5.96. The van der Waals surface area contributed by atoms with Crippen molar-refractivity contribution in [1.29, 1.82) is 0 Å². The average molecular weight is 418 g/mol. The first kappa shape index (κ1) is 20.2. The van der Waals surface area contributed by atoms with Gasteiger partial charge in [-0.2, -0.15) is 5.10 Å². The molecule has 0 saturated heterocycles. The monoisotopic (exact) mass is 417 g/mol. The van der Waals surface area contributed by atoms with E-state index in [1.807, 2.05) is 30.5 Å². The number of carbonyl (C=O) groups is 2. The predicted molar refractivity (Wildman–Crippen MR) is 112 cm³/mol. The highest BCUT2D eigenvalue weighted by atomic mass is 35.5. The standard InChI is InChI=1S/C20H20ClN3O3S/c1-20(18(25)27-2)12-24(19(26)22-15-8-6-14(21)7-9-15)23-17(20)13-4-10-16(28-3)11-5-13/h4-11H,12H2,1-3H3,(H,22,26). The SMILES string of the molecule is COC(=O)C1(C)CN(C(=O)Nc2ccc(Cl)cc2)N=C1c1ccc(SC)cc1. The molecule has 1 unspecified atom stereocenters. The van der Waals surface area contributed by atoms with Crippen molar-refractivity contribution in [2.45, 2.75) is 11.8 Å². The molecular formula is C20H20ClN3O3S. The minimum absolute atomic E-state index is 0.0821. The number of ether oxygens (including phenoxy) is 1. The minimum atomic E-state index is -1.06. The number of hydrogen-bond donors (Lipinski definition) is 1. The highest BCUT2D eigenvalue weighted by Crippen LogP contribution is 2.33. The molecule has 1 N–H and O–H groups in total. The van der Waals surface area contributed by atoms with Crippen LogP contribution in [0.1, 0.15) is 12.5 Å². The number of urea groups is 1. The molecule has 6 nitrogen and oxygen atoms in total. The number of hydrogen-bond acceptors (Lipinski definition) is 5. The lowest BCUT2D eigenvalue weighted by Gasteiger charge is -2.23. The number of hydrazone groups is 1. The zero-order valence-corrected chi connectivity index (χ0v) is 17.3. The van der Waals surface area contributed by atoms with Gasteiger partial charge in [-0.15, -0.1) is 11.8 Å². The van der Waals surface area contributed by atoms with Crippen LogP contribution in [0.4, 0.5) is 10.5 Å². The summed E-state index contributed by atoms with van der Waals surface area (Å²) in [6.07, 6.45) is 1.99. The van der Waals surface area contributed by atoms with Crippen molar-refractivity contribution in [2.75, 3.05) is 25.2 Å². The lowest BCUT2D eigenvalue weighted by atomic mass is 9.82. The summed E-state index contributed by atoms with van der Waals surface area (Å²) in [5, 5.41) is 9.04. The fourth-order valence-electron chi connectivity index (χ4n) is 2.99. The molecule has 1 aliphatic heterocycles. The third-order valence-electron chi connectivity index (χ3n) is 4.54. The molecule has 3 rings (SSSR count). The summed E-state index contributed by atoms with van der Waals surface area (Å²) in [5.41, 5.74) is 0.792. The molecule has 8 heteroatoms. The fraction of sp³-hybridized carbons (Fsp3) is 0.250. The second-order valence-corrected chi connectivity index (χ2v) is 7.81. The van der Waals surface area contributed by atoms with E-state index in [1.54, 1.807) is 43.0 Å². The Bertz CT molecular complexity index is 915. The van der Waals surface area contributed by atoms with E-state index in [0.717, 1.165) is 10.5 Å². The summed E-state index contributed by atoms with van der Waals surface area (Å²) < 4.78 is 5.00.